The summed E-state index contributed by atoms with van der Waals surface area (Å²) >= 11 is 0. The van der Waals surface area contributed by atoms with Crippen LogP contribution in [0.4, 0.5) is 0 Å². The second kappa shape index (κ2) is 7.08. The van der Waals surface area contributed by atoms with Gasteiger partial charge >= 0.3 is 5.97 Å². The van der Waals surface area contributed by atoms with Gasteiger partial charge in [-0.25, -0.2) is 0 Å². The van der Waals surface area contributed by atoms with E-state index in [0.717, 1.165) is 6.54 Å². The Hall–Kier alpha value is -1.35. The molecule has 0 aromatic heterocycles. The van der Waals surface area contributed by atoms with Gasteiger partial charge in [0.15, 0.2) is 0 Å². The van der Waals surface area contributed by atoms with Gasteiger partial charge in [0, 0.05) is 13.1 Å². The number of methoxy groups -OCH3 is 1. The normalized spacial score (nSPS) is 11.8. The first-order chi connectivity index (χ1) is 9.65. The molecule has 0 aliphatic rings. The Morgan fingerprint density at radius 3 is 2.14 bits per heavy atom. The van der Waals surface area contributed by atoms with Crippen LogP contribution in [0.3, 0.4) is 0 Å². The number of carbonyl (C=O) groups excluding carboxylic acids is 1. The number of hydrogen-bond acceptors (Lipinski definition) is 3. The quantitative estimate of drug-likeness (QED) is 0.776. The summed E-state index contributed by atoms with van der Waals surface area (Å²) < 4.78 is 4.69. The first kappa shape index (κ1) is 17.7. The second-order valence-corrected chi connectivity index (χ2v) is 6.90. The van der Waals surface area contributed by atoms with Crippen molar-refractivity contribution in [2.45, 2.75) is 53.0 Å². The van der Waals surface area contributed by atoms with Crippen LogP contribution < -0.4 is 0 Å². The highest BCUT2D eigenvalue weighted by Crippen LogP contribution is 2.27. The molecule has 0 heterocycles. The molecule has 0 unspecified atom stereocenters. The fourth-order valence-corrected chi connectivity index (χ4v) is 2.41. The molecule has 1 rings (SSSR count). The molecule has 0 saturated carbocycles. The van der Waals surface area contributed by atoms with Crippen LogP contribution in [0.5, 0.6) is 0 Å². The van der Waals surface area contributed by atoms with Gasteiger partial charge in [-0.3, -0.25) is 4.79 Å². The number of carbonyl (C=O) groups is 1. The molecule has 0 aliphatic heterocycles. The van der Waals surface area contributed by atoms with Crippen molar-refractivity contribution >= 4 is 5.97 Å². The van der Waals surface area contributed by atoms with Gasteiger partial charge in [-0.15, -0.1) is 0 Å². The average Bonchev–Trinajstić information content (AvgIpc) is 2.38. The highest BCUT2D eigenvalue weighted by Gasteiger charge is 2.17. The summed E-state index contributed by atoms with van der Waals surface area (Å²) in [6, 6.07) is 4.58. The highest BCUT2D eigenvalue weighted by molar-refractivity contribution is 5.69. The molecule has 0 spiro atoms. The van der Waals surface area contributed by atoms with Gasteiger partial charge in [-0.1, -0.05) is 32.9 Å². The number of aryl methyl sites for hydroxylation is 2. The van der Waals surface area contributed by atoms with E-state index in [9.17, 15) is 4.79 Å². The smallest absolute Gasteiger partial charge is 0.306 e. The van der Waals surface area contributed by atoms with Crippen LogP contribution in [0.2, 0.25) is 0 Å². The number of benzene rings is 1. The summed E-state index contributed by atoms with van der Waals surface area (Å²) in [6.45, 7) is 12.6. The minimum atomic E-state index is -0.154. The van der Waals surface area contributed by atoms with E-state index in [1.165, 1.54) is 29.4 Å². The summed E-state index contributed by atoms with van der Waals surface area (Å²) in [7, 11) is 3.47. The molecule has 0 amide bonds. The van der Waals surface area contributed by atoms with Gasteiger partial charge in [0.2, 0.25) is 0 Å². The molecular weight excluding hydrogens is 262 g/mol. The minimum Gasteiger partial charge on any atom is -0.469 e. The number of hydrogen-bond donors (Lipinski definition) is 0. The Kier molecular flexibility index (Phi) is 5.97. The third-order valence-corrected chi connectivity index (χ3v) is 3.92. The lowest BCUT2D eigenvalue weighted by molar-refractivity contribution is -0.140. The minimum absolute atomic E-state index is 0.154. The maximum atomic E-state index is 11.2. The first-order valence-corrected chi connectivity index (χ1v) is 7.51. The summed E-state index contributed by atoms with van der Waals surface area (Å²) in [4.78, 5) is 13.4. The molecule has 1 aromatic carbocycles. The van der Waals surface area contributed by atoms with Crippen molar-refractivity contribution in [2.75, 3.05) is 20.7 Å². The van der Waals surface area contributed by atoms with Crippen molar-refractivity contribution in [2.24, 2.45) is 0 Å². The summed E-state index contributed by atoms with van der Waals surface area (Å²) in [6.07, 6.45) is 0.436. The molecule has 1 aromatic rings. The molecule has 0 fully saturated rings. The molecule has 3 heteroatoms. The van der Waals surface area contributed by atoms with Gasteiger partial charge in [0.25, 0.3) is 0 Å². The predicted octanol–water partition coefficient (Wildman–Crippen LogP) is 3.60. The number of rotatable bonds is 5. The molecule has 3 nitrogen and oxygen atoms in total. The lowest BCUT2D eigenvalue weighted by atomic mass is 9.84. The van der Waals surface area contributed by atoms with Crippen LogP contribution in [0.25, 0.3) is 0 Å². The molecule has 0 radical (unpaired) electrons. The zero-order chi connectivity index (χ0) is 16.2. The van der Waals surface area contributed by atoms with Crippen LogP contribution in [0.15, 0.2) is 12.1 Å². The third-order valence-electron chi connectivity index (χ3n) is 3.92. The Labute approximate surface area is 129 Å². The maximum absolute atomic E-state index is 11.2. The van der Waals surface area contributed by atoms with Crippen molar-refractivity contribution in [1.29, 1.82) is 0 Å². The molecule has 0 atom stereocenters. The molecule has 0 saturated heterocycles. The Bertz CT molecular complexity index is 477. The van der Waals surface area contributed by atoms with Crippen LogP contribution in [-0.4, -0.2) is 31.6 Å². The van der Waals surface area contributed by atoms with E-state index in [-0.39, 0.29) is 11.4 Å². The summed E-state index contributed by atoms with van der Waals surface area (Å²) in [5.74, 6) is -0.154. The standard InChI is InChI=1S/C18H29NO2/c1-13-10-15(18(3,4)5)11-14(2)16(13)12-19(6)9-8-17(20)21-7/h10-11H,8-9,12H2,1-7H3. The van der Waals surface area contributed by atoms with E-state index in [2.05, 4.69) is 56.4 Å². The van der Waals surface area contributed by atoms with Crippen molar-refractivity contribution in [3.8, 4) is 0 Å². The Balaban J connectivity index is 2.82. The highest BCUT2D eigenvalue weighted by atomic mass is 16.5. The zero-order valence-corrected chi connectivity index (χ0v) is 14.5. The van der Waals surface area contributed by atoms with Gasteiger partial charge in [-0.05, 0) is 48.6 Å². The predicted molar refractivity (Wildman–Crippen MR) is 87.6 cm³/mol. The first-order valence-electron chi connectivity index (χ1n) is 7.51. The topological polar surface area (TPSA) is 29.5 Å². The van der Waals surface area contributed by atoms with Gasteiger partial charge in [-0.2, -0.15) is 0 Å². The molecular formula is C18H29NO2. The fourth-order valence-electron chi connectivity index (χ4n) is 2.41. The monoisotopic (exact) mass is 291 g/mol. The number of esters is 1. The Morgan fingerprint density at radius 2 is 1.71 bits per heavy atom. The zero-order valence-electron chi connectivity index (χ0n) is 14.5. The summed E-state index contributed by atoms with van der Waals surface area (Å²) in [5, 5.41) is 0. The van der Waals surface area contributed by atoms with Crippen LogP contribution in [0, 0.1) is 13.8 Å². The van der Waals surface area contributed by atoms with E-state index >= 15 is 0 Å². The van der Waals surface area contributed by atoms with E-state index in [0.29, 0.717) is 13.0 Å². The lowest BCUT2D eigenvalue weighted by Gasteiger charge is -2.24. The van der Waals surface area contributed by atoms with Crippen molar-refractivity contribution in [1.82, 2.24) is 4.90 Å². The molecule has 0 bridgehead atoms. The van der Waals surface area contributed by atoms with Crippen LogP contribution in [-0.2, 0) is 21.5 Å². The van der Waals surface area contributed by atoms with Gasteiger partial charge in [0.05, 0.1) is 13.5 Å². The molecule has 118 valence electrons. The fraction of sp³-hybridized carbons (Fsp3) is 0.611. The van der Waals surface area contributed by atoms with Crippen molar-refractivity contribution in [3.63, 3.8) is 0 Å². The van der Waals surface area contributed by atoms with Crippen LogP contribution >= 0.6 is 0 Å². The summed E-state index contributed by atoms with van der Waals surface area (Å²) in [5.41, 5.74) is 5.55. The molecule has 0 N–H and O–H groups in total. The largest absolute Gasteiger partial charge is 0.469 e. The Morgan fingerprint density at radius 1 is 1.19 bits per heavy atom. The van der Waals surface area contributed by atoms with E-state index in [4.69, 9.17) is 0 Å². The van der Waals surface area contributed by atoms with Crippen molar-refractivity contribution < 1.29 is 9.53 Å². The third kappa shape index (κ3) is 5.16. The van der Waals surface area contributed by atoms with Crippen LogP contribution in [0.1, 0.15) is 49.4 Å². The van der Waals surface area contributed by atoms with Gasteiger partial charge in [0.1, 0.15) is 0 Å². The molecule has 0 aliphatic carbocycles. The van der Waals surface area contributed by atoms with Crippen molar-refractivity contribution in [3.05, 3.63) is 34.4 Å². The number of ether oxygens (including phenoxy) is 1. The van der Waals surface area contributed by atoms with E-state index < -0.39 is 0 Å². The lowest BCUT2D eigenvalue weighted by Crippen LogP contribution is -2.23. The van der Waals surface area contributed by atoms with Gasteiger partial charge < -0.3 is 9.64 Å². The second-order valence-electron chi connectivity index (χ2n) is 6.90. The SMILES string of the molecule is COC(=O)CCN(C)Cc1c(C)cc(C(C)(C)C)cc1C. The average molecular weight is 291 g/mol. The van der Waals surface area contributed by atoms with E-state index in [1.807, 2.05) is 7.05 Å². The number of nitrogens with zero attached hydrogens (tertiary/aromatic N) is 1. The maximum Gasteiger partial charge on any atom is 0.306 e. The molecule has 21 heavy (non-hydrogen) atoms. The van der Waals surface area contributed by atoms with E-state index in [1.54, 1.807) is 0 Å².